The third-order valence-electron chi connectivity index (χ3n) is 2.83. The Bertz CT molecular complexity index is 442. The summed E-state index contributed by atoms with van der Waals surface area (Å²) in [6.45, 7) is 5.41. The molecule has 4 nitrogen and oxygen atoms in total. The summed E-state index contributed by atoms with van der Waals surface area (Å²) in [5.41, 5.74) is 0.812. The molecule has 1 amide bonds. The summed E-state index contributed by atoms with van der Waals surface area (Å²) in [7, 11) is 0. The molecule has 1 aromatic carbocycles. The highest BCUT2D eigenvalue weighted by molar-refractivity contribution is 6.30. The lowest BCUT2D eigenvalue weighted by molar-refractivity contribution is -0.118. The molecule has 1 saturated heterocycles. The van der Waals surface area contributed by atoms with Crippen molar-refractivity contribution in [2.24, 2.45) is 5.92 Å². The van der Waals surface area contributed by atoms with Crippen molar-refractivity contribution in [1.29, 1.82) is 0 Å². The van der Waals surface area contributed by atoms with E-state index in [1.54, 1.807) is 12.1 Å². The largest absolute Gasteiger partial charge is 0.508 e. The molecular formula is C13H17ClN2O2. The van der Waals surface area contributed by atoms with Crippen LogP contribution in [0.3, 0.4) is 0 Å². The Hall–Kier alpha value is -1.26. The van der Waals surface area contributed by atoms with Gasteiger partial charge in [0.05, 0.1) is 6.54 Å². The van der Waals surface area contributed by atoms with Gasteiger partial charge < -0.3 is 10.4 Å². The van der Waals surface area contributed by atoms with Crippen molar-refractivity contribution in [1.82, 2.24) is 10.2 Å². The molecule has 1 heterocycles. The van der Waals surface area contributed by atoms with Crippen LogP contribution in [0.2, 0.25) is 5.02 Å². The molecule has 1 aliphatic rings. The van der Waals surface area contributed by atoms with Gasteiger partial charge in [0.25, 0.3) is 0 Å². The molecule has 1 unspecified atom stereocenters. The number of aromatic hydroxyl groups is 1. The third-order valence-corrected chi connectivity index (χ3v) is 3.05. The Morgan fingerprint density at radius 1 is 1.50 bits per heavy atom. The van der Waals surface area contributed by atoms with Crippen molar-refractivity contribution < 1.29 is 9.90 Å². The predicted octanol–water partition coefficient (Wildman–Crippen LogP) is 2.13. The standard InChI is InChI=1S/C13H17ClN2O2/c1-8(2)6-16-7-12(18)15-13(16)9-3-10(14)5-11(17)4-9/h3-5,8,13,17H,6-7H2,1-2H3,(H,15,18). The number of carbonyl (C=O) groups excluding carboxylic acids is 1. The first kappa shape index (κ1) is 13.2. The predicted molar refractivity (Wildman–Crippen MR) is 70.4 cm³/mol. The fourth-order valence-corrected chi connectivity index (χ4v) is 2.49. The summed E-state index contributed by atoms with van der Waals surface area (Å²) in [4.78, 5) is 13.6. The molecule has 0 aliphatic carbocycles. The van der Waals surface area contributed by atoms with Crippen molar-refractivity contribution >= 4 is 17.5 Å². The number of nitrogens with one attached hydrogen (secondary N) is 1. The summed E-state index contributed by atoms with van der Waals surface area (Å²) >= 11 is 5.93. The first-order valence-electron chi connectivity index (χ1n) is 5.98. The molecule has 0 bridgehead atoms. The molecule has 1 atom stereocenters. The maximum absolute atomic E-state index is 11.5. The normalized spacial score (nSPS) is 20.4. The van der Waals surface area contributed by atoms with Crippen LogP contribution in [0.1, 0.15) is 25.6 Å². The summed E-state index contributed by atoms with van der Waals surface area (Å²) in [5, 5.41) is 12.9. The van der Waals surface area contributed by atoms with Crippen molar-refractivity contribution in [2.45, 2.75) is 20.0 Å². The summed E-state index contributed by atoms with van der Waals surface area (Å²) in [6, 6.07) is 4.88. The van der Waals surface area contributed by atoms with Crippen LogP contribution in [0.5, 0.6) is 5.75 Å². The van der Waals surface area contributed by atoms with E-state index in [4.69, 9.17) is 11.6 Å². The summed E-state index contributed by atoms with van der Waals surface area (Å²) < 4.78 is 0. The molecule has 5 heteroatoms. The van der Waals surface area contributed by atoms with Gasteiger partial charge >= 0.3 is 0 Å². The molecular weight excluding hydrogens is 252 g/mol. The van der Waals surface area contributed by atoms with Gasteiger partial charge in [-0.15, -0.1) is 0 Å². The molecule has 1 aliphatic heterocycles. The zero-order chi connectivity index (χ0) is 13.3. The fraction of sp³-hybridized carbons (Fsp3) is 0.462. The van der Waals surface area contributed by atoms with Crippen molar-refractivity contribution in [3.63, 3.8) is 0 Å². The second kappa shape index (κ2) is 5.16. The van der Waals surface area contributed by atoms with Crippen LogP contribution in [0.15, 0.2) is 18.2 Å². The first-order valence-corrected chi connectivity index (χ1v) is 6.36. The van der Waals surface area contributed by atoms with Crippen LogP contribution in [0.25, 0.3) is 0 Å². The zero-order valence-electron chi connectivity index (χ0n) is 10.5. The van der Waals surface area contributed by atoms with Gasteiger partial charge in [-0.25, -0.2) is 0 Å². The van der Waals surface area contributed by atoms with E-state index in [1.807, 2.05) is 0 Å². The minimum atomic E-state index is -0.204. The number of benzene rings is 1. The lowest BCUT2D eigenvalue weighted by Gasteiger charge is -2.25. The summed E-state index contributed by atoms with van der Waals surface area (Å²) in [6.07, 6.45) is -0.204. The van der Waals surface area contributed by atoms with E-state index in [0.29, 0.717) is 17.5 Å². The molecule has 0 aromatic heterocycles. The second-order valence-electron chi connectivity index (χ2n) is 5.04. The quantitative estimate of drug-likeness (QED) is 0.883. The highest BCUT2D eigenvalue weighted by Gasteiger charge is 2.31. The minimum absolute atomic E-state index is 0.000107. The van der Waals surface area contributed by atoms with Crippen LogP contribution >= 0.6 is 11.6 Å². The highest BCUT2D eigenvalue weighted by Crippen LogP contribution is 2.28. The zero-order valence-corrected chi connectivity index (χ0v) is 11.2. The molecule has 2 rings (SSSR count). The Morgan fingerprint density at radius 2 is 2.22 bits per heavy atom. The van der Waals surface area contributed by atoms with Crippen LogP contribution in [0, 0.1) is 5.92 Å². The number of phenolic OH excluding ortho intramolecular Hbond substituents is 1. The lowest BCUT2D eigenvalue weighted by Crippen LogP contribution is -2.30. The first-order chi connectivity index (χ1) is 8.45. The molecule has 0 saturated carbocycles. The summed E-state index contributed by atoms with van der Waals surface area (Å²) in [5.74, 6) is 0.580. The Morgan fingerprint density at radius 3 is 2.83 bits per heavy atom. The Labute approximate surface area is 112 Å². The number of hydrogen-bond donors (Lipinski definition) is 2. The molecule has 18 heavy (non-hydrogen) atoms. The van der Waals surface area contributed by atoms with Crippen LogP contribution in [-0.4, -0.2) is 29.0 Å². The van der Waals surface area contributed by atoms with E-state index in [9.17, 15) is 9.90 Å². The van der Waals surface area contributed by atoms with Gasteiger partial charge in [-0.2, -0.15) is 0 Å². The number of carbonyl (C=O) groups is 1. The fourth-order valence-electron chi connectivity index (χ4n) is 2.25. The van der Waals surface area contributed by atoms with Gasteiger partial charge in [-0.3, -0.25) is 9.69 Å². The number of amides is 1. The van der Waals surface area contributed by atoms with E-state index in [-0.39, 0.29) is 17.8 Å². The third kappa shape index (κ3) is 2.94. The number of hydrogen-bond acceptors (Lipinski definition) is 3. The molecule has 2 N–H and O–H groups in total. The average molecular weight is 269 g/mol. The van der Waals surface area contributed by atoms with Gasteiger partial charge in [-0.1, -0.05) is 25.4 Å². The number of nitrogens with zero attached hydrogens (tertiary/aromatic N) is 1. The van der Waals surface area contributed by atoms with Crippen molar-refractivity contribution in [2.75, 3.05) is 13.1 Å². The van der Waals surface area contributed by atoms with Crippen LogP contribution < -0.4 is 5.32 Å². The molecule has 1 fully saturated rings. The number of rotatable bonds is 3. The van der Waals surface area contributed by atoms with Gasteiger partial charge in [0.15, 0.2) is 0 Å². The van der Waals surface area contributed by atoms with E-state index in [0.717, 1.165) is 12.1 Å². The number of phenols is 1. The Kier molecular flexibility index (Phi) is 3.78. The molecule has 1 aromatic rings. The van der Waals surface area contributed by atoms with E-state index in [2.05, 4.69) is 24.1 Å². The average Bonchev–Trinajstić information content (AvgIpc) is 2.56. The maximum atomic E-state index is 11.5. The van der Waals surface area contributed by atoms with Gasteiger partial charge in [0, 0.05) is 11.6 Å². The van der Waals surface area contributed by atoms with Crippen LogP contribution in [-0.2, 0) is 4.79 Å². The Balaban J connectivity index is 2.26. The molecule has 0 spiro atoms. The van der Waals surface area contributed by atoms with Gasteiger partial charge in [-0.05, 0) is 29.7 Å². The minimum Gasteiger partial charge on any atom is -0.508 e. The maximum Gasteiger partial charge on any atom is 0.235 e. The monoisotopic (exact) mass is 268 g/mol. The lowest BCUT2D eigenvalue weighted by atomic mass is 10.1. The SMILES string of the molecule is CC(C)CN1CC(=O)NC1c1cc(O)cc(Cl)c1. The molecule has 0 radical (unpaired) electrons. The topological polar surface area (TPSA) is 52.6 Å². The smallest absolute Gasteiger partial charge is 0.235 e. The van der Waals surface area contributed by atoms with E-state index >= 15 is 0 Å². The van der Waals surface area contributed by atoms with Gasteiger partial charge in [0.2, 0.25) is 5.91 Å². The van der Waals surface area contributed by atoms with Crippen LogP contribution in [0.4, 0.5) is 0 Å². The number of halogens is 1. The van der Waals surface area contributed by atoms with Crippen molar-refractivity contribution in [3.05, 3.63) is 28.8 Å². The van der Waals surface area contributed by atoms with E-state index < -0.39 is 0 Å². The van der Waals surface area contributed by atoms with Gasteiger partial charge in [0.1, 0.15) is 11.9 Å². The van der Waals surface area contributed by atoms with E-state index in [1.165, 1.54) is 6.07 Å². The van der Waals surface area contributed by atoms with Crippen molar-refractivity contribution in [3.8, 4) is 5.75 Å². The second-order valence-corrected chi connectivity index (χ2v) is 5.47. The highest BCUT2D eigenvalue weighted by atomic mass is 35.5. The molecule has 98 valence electrons.